The Morgan fingerprint density at radius 2 is 1.68 bits per heavy atom. The third-order valence-corrected chi connectivity index (χ3v) is 11.4. The van der Waals surface area contributed by atoms with E-state index in [0.717, 1.165) is 85.0 Å². The molecule has 1 aliphatic carbocycles. The summed E-state index contributed by atoms with van der Waals surface area (Å²) in [5.41, 5.74) is 4.28. The van der Waals surface area contributed by atoms with Crippen LogP contribution in [0.2, 0.25) is 0 Å². The average molecular weight is 777 g/mol. The highest BCUT2D eigenvalue weighted by molar-refractivity contribution is 5.89. The van der Waals surface area contributed by atoms with Crippen LogP contribution in [0.25, 0.3) is 11.3 Å². The van der Waals surface area contributed by atoms with Crippen LogP contribution in [0.4, 0.5) is 16.6 Å². The zero-order chi connectivity index (χ0) is 39.5. The lowest BCUT2D eigenvalue weighted by atomic mass is 9.85. The first-order valence-electron chi connectivity index (χ1n) is 20.6. The zero-order valence-electron chi connectivity index (χ0n) is 33.8. The number of amides is 2. The molecule has 0 bridgehead atoms. The van der Waals surface area contributed by atoms with Crippen molar-refractivity contribution >= 4 is 23.4 Å². The van der Waals surface area contributed by atoms with Crippen LogP contribution in [0.3, 0.4) is 0 Å². The van der Waals surface area contributed by atoms with Crippen molar-refractivity contribution in [1.29, 1.82) is 0 Å². The molecule has 13 heteroatoms. The number of aromatic nitrogens is 5. The fraction of sp³-hybridized carbons (Fsp3) is 0.500. The fourth-order valence-corrected chi connectivity index (χ4v) is 8.34. The Kier molecular flexibility index (Phi) is 11.4. The van der Waals surface area contributed by atoms with Gasteiger partial charge >= 0.3 is 6.03 Å². The first-order chi connectivity index (χ1) is 27.6. The Morgan fingerprint density at radius 1 is 0.860 bits per heavy atom. The average Bonchev–Trinajstić information content (AvgIpc) is 3.83. The van der Waals surface area contributed by atoms with E-state index in [0.29, 0.717) is 43.3 Å². The van der Waals surface area contributed by atoms with E-state index < -0.39 is 0 Å². The molecule has 0 spiro atoms. The molecule has 13 nitrogen and oxygen atoms in total. The predicted molar refractivity (Wildman–Crippen MR) is 219 cm³/mol. The van der Waals surface area contributed by atoms with Crippen LogP contribution in [0.5, 0.6) is 11.5 Å². The number of urea groups is 1. The Hall–Kier alpha value is -5.14. The third-order valence-electron chi connectivity index (χ3n) is 11.4. The van der Waals surface area contributed by atoms with Gasteiger partial charge in [0.2, 0.25) is 5.95 Å². The molecule has 3 unspecified atom stereocenters. The molecule has 0 saturated carbocycles. The van der Waals surface area contributed by atoms with Crippen molar-refractivity contribution in [3.05, 3.63) is 89.7 Å². The Bertz CT molecular complexity index is 2140. The molecule has 8 rings (SSSR count). The summed E-state index contributed by atoms with van der Waals surface area (Å²) in [6.07, 6.45) is 9.74. The Labute approximate surface area is 335 Å². The minimum Gasteiger partial charge on any atom is -0.491 e. The number of hydrogen-bond donors (Lipinski definition) is 2. The van der Waals surface area contributed by atoms with Gasteiger partial charge in [0.25, 0.3) is 0 Å². The van der Waals surface area contributed by atoms with Gasteiger partial charge in [0.15, 0.2) is 11.9 Å². The lowest BCUT2D eigenvalue weighted by Crippen LogP contribution is -2.44. The van der Waals surface area contributed by atoms with E-state index in [2.05, 4.69) is 76.9 Å². The second-order valence-electron chi connectivity index (χ2n) is 16.7. The van der Waals surface area contributed by atoms with E-state index in [1.807, 2.05) is 60.8 Å². The number of anilines is 2. The van der Waals surface area contributed by atoms with Crippen LogP contribution in [0.15, 0.2) is 72.9 Å². The number of carbonyl (C=O) groups excluding carboxylic acids is 1. The van der Waals surface area contributed by atoms with Crippen molar-refractivity contribution in [3.8, 4) is 17.2 Å². The standard InChI is InChI=1S/C44H56N8O5/c1-29-12-10-13-30(2)51(29)43-48-47-39-22-19-33(28-50(39)43)57-37-21-20-36(34-16-6-7-17-35(34)37)45-42(53)46-40-27-38(44(3,4)5)49-52(40)31-14-11-15-32(26-31)54-24-25-56-41-18-8-9-23-55-41/h6-7,11,14-17,19,22,26-30,36-37,41H,8-10,12-13,18,20-21,23-25H2,1-5H3,(H2,45,46,53)/t29?,30?,36-,37+,41?/m0/s1. The minimum absolute atomic E-state index is 0.154. The molecule has 5 aromatic rings. The number of nitrogens with one attached hydrogen (secondary N) is 2. The summed E-state index contributed by atoms with van der Waals surface area (Å²) >= 11 is 0. The van der Waals surface area contributed by atoms with Gasteiger partial charge in [-0.15, -0.1) is 10.2 Å². The molecule has 0 radical (unpaired) electrons. The smallest absolute Gasteiger partial charge is 0.320 e. The minimum atomic E-state index is -0.308. The number of piperidine rings is 1. The van der Waals surface area contributed by atoms with Crippen molar-refractivity contribution in [2.75, 3.05) is 30.0 Å². The largest absolute Gasteiger partial charge is 0.491 e. The number of pyridine rings is 1. The highest BCUT2D eigenvalue weighted by Gasteiger charge is 2.32. The van der Waals surface area contributed by atoms with Crippen LogP contribution in [0.1, 0.15) is 115 Å². The molecule has 2 saturated heterocycles. The van der Waals surface area contributed by atoms with Gasteiger partial charge in [0, 0.05) is 36.2 Å². The molecule has 2 fully saturated rings. The van der Waals surface area contributed by atoms with E-state index in [-0.39, 0.29) is 29.9 Å². The first kappa shape index (κ1) is 38.7. The quantitative estimate of drug-likeness (QED) is 0.127. The molecule has 2 aliphatic heterocycles. The lowest BCUT2D eigenvalue weighted by molar-refractivity contribution is -0.165. The van der Waals surface area contributed by atoms with Crippen molar-refractivity contribution < 1.29 is 23.7 Å². The summed E-state index contributed by atoms with van der Waals surface area (Å²) in [5.74, 6) is 2.87. The second kappa shape index (κ2) is 16.8. The number of carbonyl (C=O) groups is 1. The summed E-state index contributed by atoms with van der Waals surface area (Å²) in [4.78, 5) is 16.2. The first-order valence-corrected chi connectivity index (χ1v) is 20.6. The topological polar surface area (TPSA) is 129 Å². The zero-order valence-corrected chi connectivity index (χ0v) is 33.8. The lowest BCUT2D eigenvalue weighted by Gasteiger charge is -2.39. The van der Waals surface area contributed by atoms with Gasteiger partial charge in [-0.3, -0.25) is 9.72 Å². The molecule has 57 heavy (non-hydrogen) atoms. The highest BCUT2D eigenvalue weighted by atomic mass is 16.7. The maximum absolute atomic E-state index is 13.8. The Balaban J connectivity index is 0.950. The molecular formula is C44H56N8O5. The van der Waals surface area contributed by atoms with Crippen molar-refractivity contribution in [3.63, 3.8) is 0 Å². The SMILES string of the molecule is CC1CCCC(C)N1c1nnc2ccc(O[C@@H]3CC[C@H](NC(=O)Nc4cc(C(C)(C)C)nn4-c4cccc(OCCOC5CCCCO5)c4)c4ccccc43)cn12. The third kappa shape index (κ3) is 8.74. The van der Waals surface area contributed by atoms with Gasteiger partial charge in [0.05, 0.1) is 30.2 Å². The number of ether oxygens (including phenoxy) is 4. The van der Waals surface area contributed by atoms with Crippen LogP contribution in [0, 0.1) is 0 Å². The summed E-state index contributed by atoms with van der Waals surface area (Å²) < 4.78 is 28.1. The van der Waals surface area contributed by atoms with Gasteiger partial charge in [0.1, 0.15) is 30.0 Å². The molecule has 5 atom stereocenters. The number of hydrogen-bond acceptors (Lipinski definition) is 9. The maximum Gasteiger partial charge on any atom is 0.320 e. The molecule has 2 amide bonds. The maximum atomic E-state index is 13.8. The fourth-order valence-electron chi connectivity index (χ4n) is 8.34. The Morgan fingerprint density at radius 3 is 2.47 bits per heavy atom. The van der Waals surface area contributed by atoms with Gasteiger partial charge in [-0.05, 0) is 101 Å². The summed E-state index contributed by atoms with van der Waals surface area (Å²) in [5, 5.41) is 20.4. The molecular weight excluding hydrogens is 721 g/mol. The van der Waals surface area contributed by atoms with Gasteiger partial charge in [-0.25, -0.2) is 9.48 Å². The van der Waals surface area contributed by atoms with Crippen molar-refractivity contribution in [2.45, 2.75) is 122 Å². The van der Waals surface area contributed by atoms with Crippen molar-refractivity contribution in [1.82, 2.24) is 29.7 Å². The van der Waals surface area contributed by atoms with E-state index in [9.17, 15) is 4.79 Å². The van der Waals surface area contributed by atoms with Crippen LogP contribution in [-0.4, -0.2) is 68.6 Å². The number of fused-ring (bicyclic) bond motifs is 2. The van der Waals surface area contributed by atoms with Crippen LogP contribution >= 0.6 is 0 Å². The van der Waals surface area contributed by atoms with Crippen LogP contribution < -0.4 is 25.0 Å². The molecule has 5 heterocycles. The van der Waals surface area contributed by atoms with E-state index >= 15 is 0 Å². The molecule has 2 N–H and O–H groups in total. The predicted octanol–water partition coefficient (Wildman–Crippen LogP) is 8.68. The van der Waals surface area contributed by atoms with E-state index in [4.69, 9.17) is 24.0 Å². The van der Waals surface area contributed by atoms with Crippen molar-refractivity contribution in [2.24, 2.45) is 0 Å². The second-order valence-corrected chi connectivity index (χ2v) is 16.7. The van der Waals surface area contributed by atoms with Crippen LogP contribution in [-0.2, 0) is 14.9 Å². The molecule has 2 aromatic carbocycles. The normalized spacial score (nSPS) is 22.5. The molecule has 3 aliphatic rings. The summed E-state index contributed by atoms with van der Waals surface area (Å²) in [7, 11) is 0. The highest BCUT2D eigenvalue weighted by Crippen LogP contribution is 2.39. The molecule has 302 valence electrons. The van der Waals surface area contributed by atoms with Gasteiger partial charge in [-0.1, -0.05) is 51.1 Å². The van der Waals surface area contributed by atoms with Gasteiger partial charge in [-0.2, -0.15) is 5.10 Å². The van der Waals surface area contributed by atoms with Gasteiger partial charge < -0.3 is 29.2 Å². The van der Waals surface area contributed by atoms with E-state index in [1.54, 1.807) is 4.68 Å². The monoisotopic (exact) mass is 776 g/mol. The number of rotatable bonds is 11. The summed E-state index contributed by atoms with van der Waals surface area (Å²) in [6.45, 7) is 12.4. The number of nitrogens with zero attached hydrogens (tertiary/aromatic N) is 6. The van der Waals surface area contributed by atoms with E-state index in [1.165, 1.54) is 6.42 Å². The number of benzene rings is 2. The molecule has 3 aromatic heterocycles. The summed E-state index contributed by atoms with van der Waals surface area (Å²) in [6, 6.07) is 22.1.